The van der Waals surface area contributed by atoms with Gasteiger partial charge in [-0.05, 0) is 78.9 Å². The zero-order valence-electron chi connectivity index (χ0n) is 21.1. The molecule has 6 fully saturated rings. The lowest BCUT2D eigenvalue weighted by atomic mass is 9.43. The Bertz CT molecular complexity index is 966. The molecule has 35 heavy (non-hydrogen) atoms. The molecular weight excluding hydrogens is 444 g/mol. The number of aliphatic hydroxyl groups is 1. The quantitative estimate of drug-likeness (QED) is 0.607. The summed E-state index contributed by atoms with van der Waals surface area (Å²) in [6.45, 7) is 6.74. The predicted molar refractivity (Wildman–Crippen MR) is 129 cm³/mol. The Labute approximate surface area is 208 Å². The molecule has 2 N–H and O–H groups in total. The number of hydrogen-bond acceptors (Lipinski definition) is 6. The first-order valence-electron chi connectivity index (χ1n) is 13.9. The molecule has 6 aliphatic rings. The Hall–Kier alpha value is -1.18. The SMILES string of the molecule is C[C@@H]1C[C@@H]2[C@H]([C@@H](c3ccc(O)cc3)C[C@@]3(C)[C@H]2CC24OCCOC23OCCO4)[C@H]2CCCC[C@]12O. The van der Waals surface area contributed by atoms with Gasteiger partial charge in [-0.3, -0.25) is 0 Å². The van der Waals surface area contributed by atoms with Gasteiger partial charge in [-0.2, -0.15) is 0 Å². The van der Waals surface area contributed by atoms with Crippen LogP contribution in [0.15, 0.2) is 24.3 Å². The maximum Gasteiger partial charge on any atom is 0.229 e. The van der Waals surface area contributed by atoms with Crippen molar-refractivity contribution in [2.45, 2.75) is 81.9 Å². The highest BCUT2D eigenvalue weighted by Gasteiger charge is 2.80. The Morgan fingerprint density at radius 2 is 1.57 bits per heavy atom. The average molecular weight is 485 g/mol. The molecule has 0 bridgehead atoms. The fraction of sp³-hybridized carbons (Fsp3) is 0.793. The summed E-state index contributed by atoms with van der Waals surface area (Å²) >= 11 is 0. The zero-order valence-corrected chi connectivity index (χ0v) is 21.1. The third-order valence-corrected chi connectivity index (χ3v) is 11.4. The number of fused-ring (bicyclic) bond motifs is 5. The van der Waals surface area contributed by atoms with Crippen LogP contribution in [-0.2, 0) is 18.9 Å². The number of phenols is 1. The average Bonchev–Trinajstić information content (AvgIpc) is 3.11. The smallest absolute Gasteiger partial charge is 0.229 e. The minimum atomic E-state index is -0.898. The van der Waals surface area contributed by atoms with E-state index in [4.69, 9.17) is 18.9 Å². The van der Waals surface area contributed by atoms with E-state index in [0.717, 1.165) is 38.5 Å². The Morgan fingerprint density at radius 3 is 2.29 bits per heavy atom. The summed E-state index contributed by atoms with van der Waals surface area (Å²) in [4.78, 5) is 0. The zero-order chi connectivity index (χ0) is 24.1. The van der Waals surface area contributed by atoms with E-state index < -0.39 is 17.2 Å². The third-order valence-electron chi connectivity index (χ3n) is 11.4. The van der Waals surface area contributed by atoms with Crippen molar-refractivity contribution in [2.24, 2.45) is 35.0 Å². The standard InChI is InChI=1S/C29H40O6/c1-18-15-21-24-17-28-29(34-13-11-32-28,35-14-12-33-28)26(24,2)16-22(19-6-8-20(30)9-7-19)25(21)23-5-3-4-10-27(18,23)31/h6-9,18,21-25,30-31H,3-5,10-17H2,1-2H3/t18-,21+,22-,23-,24+,25-,26+,27+,28?,29?/m1/s1. The molecule has 2 aliphatic heterocycles. The van der Waals surface area contributed by atoms with E-state index in [9.17, 15) is 10.2 Å². The largest absolute Gasteiger partial charge is 0.508 e. The summed E-state index contributed by atoms with van der Waals surface area (Å²) in [5.74, 6) is 0.513. The third kappa shape index (κ3) is 2.84. The Kier molecular flexibility index (Phi) is 5.04. The van der Waals surface area contributed by atoms with Gasteiger partial charge in [-0.1, -0.05) is 38.8 Å². The molecule has 4 saturated carbocycles. The van der Waals surface area contributed by atoms with Gasteiger partial charge >= 0.3 is 0 Å². The first-order chi connectivity index (χ1) is 16.8. The summed E-state index contributed by atoms with van der Waals surface area (Å²) in [6.07, 6.45) is 7.03. The van der Waals surface area contributed by atoms with Crippen molar-refractivity contribution >= 4 is 0 Å². The van der Waals surface area contributed by atoms with Gasteiger partial charge in [-0.25, -0.2) is 0 Å². The van der Waals surface area contributed by atoms with E-state index in [-0.39, 0.29) is 23.2 Å². The lowest BCUT2D eigenvalue weighted by molar-refractivity contribution is -0.474. The molecule has 1 aromatic rings. The van der Waals surface area contributed by atoms with Crippen molar-refractivity contribution in [3.8, 4) is 5.75 Å². The number of phenolic OH excluding ortho intramolecular Hbond substituents is 1. The van der Waals surface area contributed by atoms with Gasteiger partial charge in [0, 0.05) is 11.8 Å². The van der Waals surface area contributed by atoms with Crippen LogP contribution in [0.2, 0.25) is 0 Å². The van der Waals surface area contributed by atoms with Crippen molar-refractivity contribution in [1.29, 1.82) is 0 Å². The Morgan fingerprint density at radius 1 is 0.886 bits per heavy atom. The van der Waals surface area contributed by atoms with E-state index in [2.05, 4.69) is 26.0 Å². The lowest BCUT2D eigenvalue weighted by Crippen LogP contribution is -2.70. The van der Waals surface area contributed by atoms with Crippen LogP contribution in [0, 0.1) is 35.0 Å². The Balaban J connectivity index is 1.39. The van der Waals surface area contributed by atoms with E-state index >= 15 is 0 Å². The molecule has 192 valence electrons. The summed E-state index contributed by atoms with van der Waals surface area (Å²) < 4.78 is 26.2. The van der Waals surface area contributed by atoms with Crippen LogP contribution < -0.4 is 0 Å². The molecule has 0 radical (unpaired) electrons. The van der Waals surface area contributed by atoms with Gasteiger partial charge in [0.1, 0.15) is 5.75 Å². The molecule has 0 amide bonds. The molecule has 6 nitrogen and oxygen atoms in total. The first kappa shape index (κ1) is 23.0. The van der Waals surface area contributed by atoms with Crippen LogP contribution in [0.1, 0.15) is 70.3 Å². The predicted octanol–water partition coefficient (Wildman–Crippen LogP) is 4.59. The fourth-order valence-electron chi connectivity index (χ4n) is 10.0. The molecule has 0 spiro atoms. The highest BCUT2D eigenvalue weighted by molar-refractivity contribution is 5.33. The number of hydrogen-bond donors (Lipinski definition) is 2. The molecule has 7 rings (SSSR count). The van der Waals surface area contributed by atoms with E-state index in [1.54, 1.807) is 0 Å². The molecule has 0 unspecified atom stereocenters. The van der Waals surface area contributed by atoms with Gasteiger partial charge in [0.05, 0.1) is 32.0 Å². The fourth-order valence-corrected chi connectivity index (χ4v) is 10.0. The summed E-state index contributed by atoms with van der Waals surface area (Å²) in [6, 6.07) is 7.82. The normalized spacial score (nSPS) is 53.0. The van der Waals surface area contributed by atoms with E-state index in [0.29, 0.717) is 49.9 Å². The lowest BCUT2D eigenvalue weighted by Gasteiger charge is -2.64. The molecule has 1 aromatic carbocycles. The van der Waals surface area contributed by atoms with Crippen LogP contribution in [0.5, 0.6) is 5.75 Å². The monoisotopic (exact) mass is 484 g/mol. The second kappa shape index (κ2) is 7.67. The van der Waals surface area contributed by atoms with Crippen molar-refractivity contribution in [1.82, 2.24) is 0 Å². The molecule has 4 aliphatic carbocycles. The van der Waals surface area contributed by atoms with Crippen LogP contribution in [0.4, 0.5) is 0 Å². The van der Waals surface area contributed by atoms with E-state index in [1.807, 2.05) is 12.1 Å². The molecule has 6 heteroatoms. The maximum atomic E-state index is 12.1. The number of rotatable bonds is 1. The molecule has 2 heterocycles. The number of aromatic hydroxyl groups is 1. The number of benzene rings is 1. The van der Waals surface area contributed by atoms with Gasteiger partial charge in [-0.15, -0.1) is 0 Å². The van der Waals surface area contributed by atoms with Crippen LogP contribution in [0.3, 0.4) is 0 Å². The molecule has 0 aromatic heterocycles. The topological polar surface area (TPSA) is 77.4 Å². The minimum absolute atomic E-state index is 0.255. The van der Waals surface area contributed by atoms with Crippen molar-refractivity contribution in [3.05, 3.63) is 29.8 Å². The highest BCUT2D eigenvalue weighted by Crippen LogP contribution is 2.74. The van der Waals surface area contributed by atoms with E-state index in [1.165, 1.54) is 12.0 Å². The summed E-state index contributed by atoms with van der Waals surface area (Å²) in [5.41, 5.74) is 0.389. The highest BCUT2D eigenvalue weighted by atomic mass is 16.8. The van der Waals surface area contributed by atoms with Crippen LogP contribution in [-0.4, -0.2) is 53.8 Å². The second-order valence-corrected chi connectivity index (χ2v) is 12.6. The molecular formula is C29H40O6. The molecule has 2 saturated heterocycles. The van der Waals surface area contributed by atoms with Crippen LogP contribution >= 0.6 is 0 Å². The maximum absolute atomic E-state index is 12.1. The summed E-state index contributed by atoms with van der Waals surface area (Å²) in [7, 11) is 0. The number of ether oxygens (including phenoxy) is 4. The minimum Gasteiger partial charge on any atom is -0.508 e. The van der Waals surface area contributed by atoms with Gasteiger partial charge in [0.15, 0.2) is 0 Å². The first-order valence-corrected chi connectivity index (χ1v) is 13.9. The van der Waals surface area contributed by atoms with Crippen LogP contribution in [0.25, 0.3) is 0 Å². The van der Waals surface area contributed by atoms with Gasteiger partial charge in [0.25, 0.3) is 0 Å². The van der Waals surface area contributed by atoms with Gasteiger partial charge in [0.2, 0.25) is 11.6 Å². The van der Waals surface area contributed by atoms with Gasteiger partial charge < -0.3 is 29.2 Å². The molecule has 8 atom stereocenters. The van der Waals surface area contributed by atoms with Crippen molar-refractivity contribution in [2.75, 3.05) is 26.4 Å². The summed E-state index contributed by atoms with van der Waals surface area (Å²) in [5, 5.41) is 22.1. The van der Waals surface area contributed by atoms with Crippen molar-refractivity contribution < 1.29 is 29.2 Å². The van der Waals surface area contributed by atoms with Crippen molar-refractivity contribution in [3.63, 3.8) is 0 Å². The second-order valence-electron chi connectivity index (χ2n) is 12.6.